The minimum absolute atomic E-state index is 0.167. The SMILES string of the molecule is O=C(Oc1ccccc1)Oc1ccc(F)c(C(F)(F)F)c1. The zero-order valence-electron chi connectivity index (χ0n) is 10.4. The van der Waals surface area contributed by atoms with Crippen molar-refractivity contribution in [2.45, 2.75) is 6.18 Å². The highest BCUT2D eigenvalue weighted by molar-refractivity contribution is 5.67. The second-order valence-corrected chi connectivity index (χ2v) is 3.91. The topological polar surface area (TPSA) is 35.5 Å². The van der Waals surface area contributed by atoms with Gasteiger partial charge in [0.15, 0.2) is 0 Å². The van der Waals surface area contributed by atoms with Gasteiger partial charge in [-0.3, -0.25) is 0 Å². The van der Waals surface area contributed by atoms with E-state index in [2.05, 4.69) is 4.74 Å². The molecule has 0 aromatic heterocycles. The molecule has 7 heteroatoms. The first kappa shape index (κ1) is 14.8. The molecule has 0 spiro atoms. The molecule has 0 radical (unpaired) electrons. The van der Waals surface area contributed by atoms with Crippen molar-refractivity contribution in [1.29, 1.82) is 0 Å². The van der Waals surface area contributed by atoms with Crippen LogP contribution in [0.5, 0.6) is 11.5 Å². The molecule has 0 aliphatic carbocycles. The zero-order valence-corrected chi connectivity index (χ0v) is 10.4. The van der Waals surface area contributed by atoms with E-state index in [-0.39, 0.29) is 5.75 Å². The lowest BCUT2D eigenvalue weighted by Crippen LogP contribution is -2.15. The van der Waals surface area contributed by atoms with Crippen LogP contribution >= 0.6 is 0 Å². The number of para-hydroxylation sites is 1. The summed E-state index contributed by atoms with van der Waals surface area (Å²) in [5, 5.41) is 0. The van der Waals surface area contributed by atoms with Crippen molar-refractivity contribution in [3.8, 4) is 11.5 Å². The molecule has 2 aromatic rings. The summed E-state index contributed by atoms with van der Waals surface area (Å²) in [6.07, 6.45) is -6.10. The fourth-order valence-corrected chi connectivity index (χ4v) is 1.49. The number of ether oxygens (including phenoxy) is 2. The summed E-state index contributed by atoms with van der Waals surface area (Å²) in [6.45, 7) is 0. The molecule has 0 N–H and O–H groups in total. The lowest BCUT2D eigenvalue weighted by Gasteiger charge is -2.10. The maximum absolute atomic E-state index is 13.1. The Morgan fingerprint density at radius 3 is 2.14 bits per heavy atom. The molecule has 2 rings (SSSR count). The van der Waals surface area contributed by atoms with Gasteiger partial charge in [0.25, 0.3) is 0 Å². The Bertz CT molecular complexity index is 638. The van der Waals surface area contributed by atoms with E-state index in [4.69, 9.17) is 4.74 Å². The van der Waals surface area contributed by atoms with Gasteiger partial charge in [-0.1, -0.05) is 18.2 Å². The molecule has 0 amide bonds. The Morgan fingerprint density at radius 2 is 1.52 bits per heavy atom. The van der Waals surface area contributed by atoms with Gasteiger partial charge in [-0.25, -0.2) is 9.18 Å². The molecule has 0 aliphatic rings. The van der Waals surface area contributed by atoms with Crippen molar-refractivity contribution in [3.63, 3.8) is 0 Å². The smallest absolute Gasteiger partial charge is 0.395 e. The maximum Gasteiger partial charge on any atom is 0.519 e. The van der Waals surface area contributed by atoms with E-state index in [1.54, 1.807) is 18.2 Å². The molecule has 3 nitrogen and oxygen atoms in total. The molecular weight excluding hydrogens is 292 g/mol. The van der Waals surface area contributed by atoms with Crippen molar-refractivity contribution in [2.24, 2.45) is 0 Å². The average Bonchev–Trinajstić information content (AvgIpc) is 2.41. The number of benzene rings is 2. The normalized spacial score (nSPS) is 11.0. The van der Waals surface area contributed by atoms with Crippen LogP contribution in [0.4, 0.5) is 22.4 Å². The van der Waals surface area contributed by atoms with Gasteiger partial charge >= 0.3 is 12.3 Å². The van der Waals surface area contributed by atoms with Crippen molar-refractivity contribution in [1.82, 2.24) is 0 Å². The summed E-state index contributed by atoms with van der Waals surface area (Å²) < 4.78 is 59.9. The number of hydrogen-bond acceptors (Lipinski definition) is 3. The molecule has 0 heterocycles. The van der Waals surface area contributed by atoms with Crippen LogP contribution in [0.2, 0.25) is 0 Å². The molecule has 0 saturated carbocycles. The largest absolute Gasteiger partial charge is 0.519 e. The minimum atomic E-state index is -4.88. The molecule has 2 aromatic carbocycles. The predicted molar refractivity (Wildman–Crippen MR) is 64.5 cm³/mol. The lowest BCUT2D eigenvalue weighted by atomic mass is 10.2. The predicted octanol–water partition coefficient (Wildman–Crippen LogP) is 4.42. The summed E-state index contributed by atoms with van der Waals surface area (Å²) in [5.74, 6) is -1.75. The van der Waals surface area contributed by atoms with E-state index in [1.807, 2.05) is 0 Å². The van der Waals surface area contributed by atoms with Gasteiger partial charge in [0.05, 0.1) is 5.56 Å². The monoisotopic (exact) mass is 300 g/mol. The first-order valence-corrected chi connectivity index (χ1v) is 5.68. The van der Waals surface area contributed by atoms with E-state index in [1.165, 1.54) is 12.1 Å². The van der Waals surface area contributed by atoms with Crippen molar-refractivity contribution >= 4 is 6.16 Å². The van der Waals surface area contributed by atoms with Crippen LogP contribution < -0.4 is 9.47 Å². The number of carbonyl (C=O) groups is 1. The van der Waals surface area contributed by atoms with Gasteiger partial charge in [0.1, 0.15) is 17.3 Å². The fraction of sp³-hybridized carbons (Fsp3) is 0.0714. The zero-order chi connectivity index (χ0) is 15.5. The summed E-state index contributed by atoms with van der Waals surface area (Å²) >= 11 is 0. The molecular formula is C14H8F4O3. The van der Waals surface area contributed by atoms with Crippen LogP contribution in [0.15, 0.2) is 48.5 Å². The Morgan fingerprint density at radius 1 is 0.905 bits per heavy atom. The van der Waals surface area contributed by atoms with Crippen LogP contribution in [0.25, 0.3) is 0 Å². The number of alkyl halides is 3. The fourth-order valence-electron chi connectivity index (χ4n) is 1.49. The number of halogens is 4. The van der Waals surface area contributed by atoms with E-state index in [0.717, 1.165) is 6.07 Å². The number of carbonyl (C=O) groups excluding carboxylic acids is 1. The summed E-state index contributed by atoms with van der Waals surface area (Å²) in [4.78, 5) is 11.4. The third-order valence-corrected chi connectivity index (χ3v) is 2.39. The average molecular weight is 300 g/mol. The number of hydrogen-bond donors (Lipinski definition) is 0. The van der Waals surface area contributed by atoms with E-state index < -0.39 is 29.5 Å². The third kappa shape index (κ3) is 3.95. The molecule has 0 unspecified atom stereocenters. The van der Waals surface area contributed by atoms with E-state index in [0.29, 0.717) is 12.1 Å². The van der Waals surface area contributed by atoms with Gasteiger partial charge in [0, 0.05) is 0 Å². The standard InChI is InChI=1S/C14H8F4O3/c15-12-7-6-10(8-11(12)14(16,17)18)21-13(19)20-9-4-2-1-3-5-9/h1-8H. The Labute approximate surface area is 116 Å². The Hall–Kier alpha value is -2.57. The molecule has 0 fully saturated rings. The lowest BCUT2D eigenvalue weighted by molar-refractivity contribution is -0.140. The Kier molecular flexibility index (Phi) is 4.11. The second kappa shape index (κ2) is 5.82. The van der Waals surface area contributed by atoms with Gasteiger partial charge in [0.2, 0.25) is 0 Å². The van der Waals surface area contributed by atoms with Crippen molar-refractivity contribution in [2.75, 3.05) is 0 Å². The van der Waals surface area contributed by atoms with E-state index >= 15 is 0 Å². The van der Waals surface area contributed by atoms with Crippen LogP contribution in [0.3, 0.4) is 0 Å². The number of rotatable bonds is 2. The molecule has 21 heavy (non-hydrogen) atoms. The summed E-state index contributed by atoms with van der Waals surface area (Å²) in [5.41, 5.74) is -1.52. The summed E-state index contributed by atoms with van der Waals surface area (Å²) in [6, 6.07) is 9.67. The van der Waals surface area contributed by atoms with Crippen LogP contribution in [-0.4, -0.2) is 6.16 Å². The van der Waals surface area contributed by atoms with E-state index in [9.17, 15) is 22.4 Å². The molecule has 0 saturated heterocycles. The van der Waals surface area contributed by atoms with Crippen molar-refractivity contribution < 1.29 is 31.8 Å². The molecule has 0 bridgehead atoms. The quantitative estimate of drug-likeness (QED) is 0.468. The second-order valence-electron chi connectivity index (χ2n) is 3.91. The van der Waals surface area contributed by atoms with Crippen LogP contribution in [0, 0.1) is 5.82 Å². The van der Waals surface area contributed by atoms with Crippen LogP contribution in [0.1, 0.15) is 5.56 Å². The highest BCUT2D eigenvalue weighted by Crippen LogP contribution is 2.33. The van der Waals surface area contributed by atoms with Gasteiger partial charge in [-0.15, -0.1) is 0 Å². The Balaban J connectivity index is 2.11. The molecule has 0 aliphatic heterocycles. The van der Waals surface area contributed by atoms with Gasteiger partial charge in [-0.2, -0.15) is 13.2 Å². The van der Waals surface area contributed by atoms with Crippen molar-refractivity contribution in [3.05, 3.63) is 59.9 Å². The maximum atomic E-state index is 13.1. The van der Waals surface area contributed by atoms with Gasteiger partial charge < -0.3 is 9.47 Å². The van der Waals surface area contributed by atoms with Gasteiger partial charge in [-0.05, 0) is 30.3 Å². The highest BCUT2D eigenvalue weighted by Gasteiger charge is 2.34. The highest BCUT2D eigenvalue weighted by atomic mass is 19.4. The third-order valence-electron chi connectivity index (χ3n) is 2.39. The first-order chi connectivity index (χ1) is 9.86. The molecule has 0 atom stereocenters. The molecule has 110 valence electrons. The minimum Gasteiger partial charge on any atom is -0.395 e. The van der Waals surface area contributed by atoms with Crippen LogP contribution in [-0.2, 0) is 6.18 Å². The first-order valence-electron chi connectivity index (χ1n) is 5.68. The summed E-state index contributed by atoms with van der Waals surface area (Å²) in [7, 11) is 0.